The highest BCUT2D eigenvalue weighted by molar-refractivity contribution is 7.13. The monoisotopic (exact) mass is 374 g/mol. The summed E-state index contributed by atoms with van der Waals surface area (Å²) in [6.45, 7) is 3.00. The molecule has 0 saturated heterocycles. The molecule has 1 aromatic heterocycles. The molecule has 0 fully saturated rings. The standard InChI is InChI=1S/C23H22N2OS/c1-16(19-9-5-7-18-6-3-4-8-20(18)19)25-15-17-10-11-22(26-2)21(14-17)23-24-12-13-27-23/h3-14,16,25H,15H2,1-2H3. The van der Waals surface area contributed by atoms with Crippen LogP contribution in [0.15, 0.2) is 72.2 Å². The average Bonchev–Trinajstić information content (AvgIpc) is 3.26. The Morgan fingerprint density at radius 1 is 1.07 bits per heavy atom. The zero-order chi connectivity index (χ0) is 18.6. The van der Waals surface area contributed by atoms with E-state index in [0.29, 0.717) is 0 Å². The average molecular weight is 375 g/mol. The lowest BCUT2D eigenvalue weighted by Gasteiger charge is -2.17. The first-order valence-corrected chi connectivity index (χ1v) is 9.92. The SMILES string of the molecule is COc1ccc(CNC(C)c2cccc3ccccc23)cc1-c1nccs1. The molecular weight excluding hydrogens is 352 g/mol. The van der Waals surface area contributed by atoms with Gasteiger partial charge in [0.2, 0.25) is 0 Å². The van der Waals surface area contributed by atoms with E-state index in [4.69, 9.17) is 4.74 Å². The predicted molar refractivity (Wildman–Crippen MR) is 113 cm³/mol. The number of benzene rings is 3. The zero-order valence-electron chi connectivity index (χ0n) is 15.5. The summed E-state index contributed by atoms with van der Waals surface area (Å²) in [6.07, 6.45) is 1.83. The second kappa shape index (κ2) is 7.91. The summed E-state index contributed by atoms with van der Waals surface area (Å²) in [7, 11) is 1.70. The van der Waals surface area contributed by atoms with E-state index in [-0.39, 0.29) is 6.04 Å². The number of nitrogens with zero attached hydrogens (tertiary/aromatic N) is 1. The van der Waals surface area contributed by atoms with Gasteiger partial charge in [-0.15, -0.1) is 11.3 Å². The molecule has 0 aliphatic carbocycles. The maximum Gasteiger partial charge on any atom is 0.129 e. The van der Waals surface area contributed by atoms with Crippen molar-refractivity contribution in [1.82, 2.24) is 10.3 Å². The van der Waals surface area contributed by atoms with Gasteiger partial charge in [0, 0.05) is 24.2 Å². The molecule has 0 amide bonds. The fourth-order valence-electron chi connectivity index (χ4n) is 3.40. The molecule has 3 nitrogen and oxygen atoms in total. The lowest BCUT2D eigenvalue weighted by atomic mass is 9.99. The van der Waals surface area contributed by atoms with Crippen molar-refractivity contribution in [1.29, 1.82) is 0 Å². The Balaban J connectivity index is 1.55. The number of fused-ring (bicyclic) bond motifs is 1. The first-order valence-electron chi connectivity index (χ1n) is 9.04. The third-order valence-corrected chi connectivity index (χ3v) is 5.64. The largest absolute Gasteiger partial charge is 0.496 e. The third kappa shape index (κ3) is 3.72. The van der Waals surface area contributed by atoms with Crippen LogP contribution in [0.1, 0.15) is 24.1 Å². The molecule has 1 N–H and O–H groups in total. The van der Waals surface area contributed by atoms with Crippen molar-refractivity contribution in [2.45, 2.75) is 19.5 Å². The minimum Gasteiger partial charge on any atom is -0.496 e. The van der Waals surface area contributed by atoms with Gasteiger partial charge in [0.05, 0.1) is 12.7 Å². The van der Waals surface area contributed by atoms with Crippen LogP contribution < -0.4 is 10.1 Å². The highest BCUT2D eigenvalue weighted by Gasteiger charge is 2.12. The second-order valence-corrected chi connectivity index (χ2v) is 7.44. The Morgan fingerprint density at radius 2 is 1.93 bits per heavy atom. The molecular formula is C23H22N2OS. The van der Waals surface area contributed by atoms with Crippen LogP contribution in [-0.2, 0) is 6.54 Å². The van der Waals surface area contributed by atoms with Gasteiger partial charge in [-0.25, -0.2) is 4.98 Å². The van der Waals surface area contributed by atoms with Crippen LogP contribution >= 0.6 is 11.3 Å². The lowest BCUT2D eigenvalue weighted by molar-refractivity contribution is 0.416. The predicted octanol–water partition coefficient (Wildman–Crippen LogP) is 5.82. The van der Waals surface area contributed by atoms with E-state index < -0.39 is 0 Å². The molecule has 4 rings (SSSR count). The molecule has 0 spiro atoms. The van der Waals surface area contributed by atoms with E-state index in [1.807, 2.05) is 17.6 Å². The van der Waals surface area contributed by atoms with E-state index in [0.717, 1.165) is 22.9 Å². The van der Waals surface area contributed by atoms with Gasteiger partial charge in [-0.3, -0.25) is 0 Å². The van der Waals surface area contributed by atoms with Crippen molar-refractivity contribution in [3.8, 4) is 16.3 Å². The van der Waals surface area contributed by atoms with Gasteiger partial charge in [-0.1, -0.05) is 48.5 Å². The number of ether oxygens (including phenoxy) is 1. The molecule has 4 aromatic rings. The fraction of sp³-hybridized carbons (Fsp3) is 0.174. The van der Waals surface area contributed by atoms with Gasteiger partial charge in [-0.05, 0) is 41.0 Å². The quantitative estimate of drug-likeness (QED) is 0.461. The second-order valence-electron chi connectivity index (χ2n) is 6.54. The molecule has 0 radical (unpaired) electrons. The van der Waals surface area contributed by atoms with E-state index in [1.165, 1.54) is 21.9 Å². The Kier molecular flexibility index (Phi) is 5.19. The molecule has 1 heterocycles. The molecule has 1 unspecified atom stereocenters. The molecule has 136 valence electrons. The maximum absolute atomic E-state index is 5.51. The van der Waals surface area contributed by atoms with Gasteiger partial charge in [0.25, 0.3) is 0 Å². The number of hydrogen-bond acceptors (Lipinski definition) is 4. The van der Waals surface area contributed by atoms with Crippen molar-refractivity contribution in [3.63, 3.8) is 0 Å². The van der Waals surface area contributed by atoms with Gasteiger partial charge in [-0.2, -0.15) is 0 Å². The first kappa shape index (κ1) is 17.7. The summed E-state index contributed by atoms with van der Waals surface area (Å²) in [5, 5.41) is 9.21. The van der Waals surface area contributed by atoms with E-state index in [1.54, 1.807) is 18.4 Å². The van der Waals surface area contributed by atoms with Crippen LogP contribution in [0.2, 0.25) is 0 Å². The van der Waals surface area contributed by atoms with Gasteiger partial charge in [0.15, 0.2) is 0 Å². The van der Waals surface area contributed by atoms with Crippen LogP contribution in [0.4, 0.5) is 0 Å². The van der Waals surface area contributed by atoms with Crippen molar-refractivity contribution < 1.29 is 4.74 Å². The van der Waals surface area contributed by atoms with Crippen molar-refractivity contribution in [2.75, 3.05) is 7.11 Å². The number of aromatic nitrogens is 1. The first-order chi connectivity index (χ1) is 13.3. The van der Waals surface area contributed by atoms with Gasteiger partial charge >= 0.3 is 0 Å². The highest BCUT2D eigenvalue weighted by Crippen LogP contribution is 2.32. The van der Waals surface area contributed by atoms with Gasteiger partial charge < -0.3 is 10.1 Å². The van der Waals surface area contributed by atoms with Crippen LogP contribution in [0, 0.1) is 0 Å². The Hall–Kier alpha value is -2.69. The van der Waals surface area contributed by atoms with Crippen molar-refractivity contribution in [3.05, 3.63) is 83.4 Å². The smallest absolute Gasteiger partial charge is 0.129 e. The molecule has 3 aromatic carbocycles. The molecule has 4 heteroatoms. The molecule has 0 bridgehead atoms. The Labute approximate surface area is 163 Å². The molecule has 0 saturated carbocycles. The molecule has 0 aliphatic heterocycles. The fourth-order valence-corrected chi connectivity index (χ4v) is 4.06. The van der Waals surface area contributed by atoms with Crippen LogP contribution in [0.3, 0.4) is 0 Å². The molecule has 0 aliphatic rings. The van der Waals surface area contributed by atoms with Gasteiger partial charge in [0.1, 0.15) is 10.8 Å². The van der Waals surface area contributed by atoms with E-state index in [2.05, 4.69) is 71.8 Å². The summed E-state index contributed by atoms with van der Waals surface area (Å²) in [5.41, 5.74) is 3.58. The summed E-state index contributed by atoms with van der Waals surface area (Å²) in [5.74, 6) is 0.857. The van der Waals surface area contributed by atoms with Crippen LogP contribution in [0.25, 0.3) is 21.3 Å². The number of rotatable bonds is 6. The highest BCUT2D eigenvalue weighted by atomic mass is 32.1. The zero-order valence-corrected chi connectivity index (χ0v) is 16.3. The minimum atomic E-state index is 0.251. The Morgan fingerprint density at radius 3 is 2.74 bits per heavy atom. The van der Waals surface area contributed by atoms with E-state index >= 15 is 0 Å². The number of thiazole rings is 1. The normalized spacial score (nSPS) is 12.2. The Bertz CT molecular complexity index is 1040. The number of methoxy groups -OCH3 is 1. The summed E-state index contributed by atoms with van der Waals surface area (Å²) < 4.78 is 5.51. The van der Waals surface area contributed by atoms with Crippen LogP contribution in [0.5, 0.6) is 5.75 Å². The maximum atomic E-state index is 5.51. The number of hydrogen-bond donors (Lipinski definition) is 1. The summed E-state index contributed by atoms with van der Waals surface area (Å²) in [6, 6.07) is 21.6. The minimum absolute atomic E-state index is 0.251. The topological polar surface area (TPSA) is 34.1 Å². The summed E-state index contributed by atoms with van der Waals surface area (Å²) >= 11 is 1.63. The third-order valence-electron chi connectivity index (χ3n) is 4.83. The molecule has 1 atom stereocenters. The van der Waals surface area contributed by atoms with Crippen molar-refractivity contribution in [2.24, 2.45) is 0 Å². The molecule has 27 heavy (non-hydrogen) atoms. The number of nitrogens with one attached hydrogen (secondary N) is 1. The van der Waals surface area contributed by atoms with Crippen molar-refractivity contribution >= 4 is 22.1 Å². The van der Waals surface area contributed by atoms with E-state index in [9.17, 15) is 0 Å². The summed E-state index contributed by atoms with van der Waals surface area (Å²) in [4.78, 5) is 4.43. The van der Waals surface area contributed by atoms with Crippen LogP contribution in [-0.4, -0.2) is 12.1 Å². The lowest BCUT2D eigenvalue weighted by Crippen LogP contribution is -2.18.